The van der Waals surface area contributed by atoms with Gasteiger partial charge in [-0.3, -0.25) is 4.79 Å². The first-order chi connectivity index (χ1) is 11.2. The molecule has 136 valence electrons. The molecule has 2 unspecified atom stereocenters. The molecule has 3 heteroatoms. The molecule has 0 heterocycles. The highest BCUT2D eigenvalue weighted by Gasteiger charge is 2.31. The summed E-state index contributed by atoms with van der Waals surface area (Å²) in [6.07, 6.45) is 4.23. The van der Waals surface area contributed by atoms with Crippen molar-refractivity contribution in [1.82, 2.24) is 0 Å². The van der Waals surface area contributed by atoms with Crippen LogP contribution >= 0.6 is 0 Å². The predicted molar refractivity (Wildman–Crippen MR) is 98.7 cm³/mol. The summed E-state index contributed by atoms with van der Waals surface area (Å²) in [6.45, 7) is 10.0. The van der Waals surface area contributed by atoms with Crippen molar-refractivity contribution in [3.8, 4) is 0 Å². The molecule has 0 bridgehead atoms. The van der Waals surface area contributed by atoms with E-state index in [1.807, 2.05) is 51.1 Å². The normalized spacial score (nSPS) is 14.5. The lowest BCUT2D eigenvalue weighted by atomic mass is 9.90. The molecule has 3 nitrogen and oxygen atoms in total. The summed E-state index contributed by atoms with van der Waals surface area (Å²) in [5, 5.41) is 10.7. The Morgan fingerprint density at radius 3 is 2.17 bits per heavy atom. The van der Waals surface area contributed by atoms with E-state index < -0.39 is 17.6 Å². The number of aliphatic hydroxyl groups is 1. The van der Waals surface area contributed by atoms with Crippen molar-refractivity contribution < 1.29 is 14.6 Å². The van der Waals surface area contributed by atoms with Crippen molar-refractivity contribution >= 4 is 5.97 Å². The number of rotatable bonds is 9. The minimum atomic E-state index is -0.814. The van der Waals surface area contributed by atoms with Crippen molar-refractivity contribution in [1.29, 1.82) is 0 Å². The zero-order chi connectivity index (χ0) is 18.2. The molecular weight excluding hydrogens is 300 g/mol. The number of unbranched alkanes of at least 4 members (excludes halogenated alkanes) is 2. The molecule has 0 aliphatic carbocycles. The Balaban J connectivity index is 2.70. The van der Waals surface area contributed by atoms with Crippen LogP contribution in [0.25, 0.3) is 0 Å². The monoisotopic (exact) mass is 334 g/mol. The maximum atomic E-state index is 12.6. The molecule has 0 radical (unpaired) electrons. The van der Waals surface area contributed by atoms with E-state index in [0.717, 1.165) is 18.4 Å². The molecule has 1 rings (SSSR count). The minimum absolute atomic E-state index is 0.303. The predicted octanol–water partition coefficient (Wildman–Crippen LogP) is 5.28. The van der Waals surface area contributed by atoms with Crippen molar-refractivity contribution in [2.24, 2.45) is 11.8 Å². The molecule has 24 heavy (non-hydrogen) atoms. The van der Waals surface area contributed by atoms with Gasteiger partial charge in [0.1, 0.15) is 5.60 Å². The van der Waals surface area contributed by atoms with Gasteiger partial charge in [0.05, 0.1) is 12.0 Å². The summed E-state index contributed by atoms with van der Waals surface area (Å²) >= 11 is 0. The lowest BCUT2D eigenvalue weighted by Gasteiger charge is -2.27. The van der Waals surface area contributed by atoms with E-state index in [4.69, 9.17) is 4.74 Å². The second kappa shape index (κ2) is 9.83. The van der Waals surface area contributed by atoms with Gasteiger partial charge in [-0.1, -0.05) is 69.9 Å². The maximum absolute atomic E-state index is 12.6. The fourth-order valence-corrected chi connectivity index (χ4v) is 2.76. The average molecular weight is 334 g/mol. The molecule has 0 spiro atoms. The van der Waals surface area contributed by atoms with Gasteiger partial charge in [-0.2, -0.15) is 0 Å². The maximum Gasteiger partial charge on any atom is 0.312 e. The standard InChI is InChI=1S/C21H34O3/c1-16(2)12-8-6-11-15-18(20(23)24-21(3,4)5)19(22)17-13-9-7-10-14-17/h7,9-10,13-14,16,18-19,22H,6,8,11-12,15H2,1-5H3. The summed E-state index contributed by atoms with van der Waals surface area (Å²) in [4.78, 5) is 12.6. The number of hydrogen-bond donors (Lipinski definition) is 1. The number of benzene rings is 1. The topological polar surface area (TPSA) is 46.5 Å². The van der Waals surface area contributed by atoms with Crippen LogP contribution in [0.1, 0.15) is 78.4 Å². The molecule has 1 aromatic carbocycles. The Morgan fingerprint density at radius 2 is 1.62 bits per heavy atom. The fourth-order valence-electron chi connectivity index (χ4n) is 2.76. The van der Waals surface area contributed by atoms with Gasteiger partial charge >= 0.3 is 5.97 Å². The van der Waals surface area contributed by atoms with Crippen molar-refractivity contribution in [2.45, 2.75) is 78.4 Å². The van der Waals surface area contributed by atoms with Crippen LogP contribution < -0.4 is 0 Å². The van der Waals surface area contributed by atoms with E-state index in [9.17, 15) is 9.90 Å². The van der Waals surface area contributed by atoms with Crippen LogP contribution in [0.4, 0.5) is 0 Å². The SMILES string of the molecule is CC(C)CCCCCC(C(=O)OC(C)(C)C)C(O)c1ccccc1. The Bertz CT molecular complexity index is 474. The van der Waals surface area contributed by atoms with Crippen LogP contribution in [0.3, 0.4) is 0 Å². The van der Waals surface area contributed by atoms with Crippen LogP contribution in [-0.2, 0) is 9.53 Å². The van der Waals surface area contributed by atoms with E-state index in [1.165, 1.54) is 12.8 Å². The lowest BCUT2D eigenvalue weighted by molar-refractivity contribution is -0.164. The summed E-state index contributed by atoms with van der Waals surface area (Å²) in [5.41, 5.74) is 0.235. The number of hydrogen-bond acceptors (Lipinski definition) is 3. The molecule has 0 saturated heterocycles. The van der Waals surface area contributed by atoms with Gasteiger partial charge in [0.15, 0.2) is 0 Å². The van der Waals surface area contributed by atoms with Gasteiger partial charge in [-0.05, 0) is 38.7 Å². The smallest absolute Gasteiger partial charge is 0.312 e. The van der Waals surface area contributed by atoms with E-state index in [2.05, 4.69) is 13.8 Å². The highest BCUT2D eigenvalue weighted by molar-refractivity contribution is 5.73. The van der Waals surface area contributed by atoms with Crippen LogP contribution in [0, 0.1) is 11.8 Å². The second-order valence-corrected chi connectivity index (χ2v) is 8.03. The number of esters is 1. The van der Waals surface area contributed by atoms with Crippen LogP contribution in [-0.4, -0.2) is 16.7 Å². The van der Waals surface area contributed by atoms with Gasteiger partial charge in [0, 0.05) is 0 Å². The van der Waals surface area contributed by atoms with Crippen LogP contribution in [0.15, 0.2) is 30.3 Å². The summed E-state index contributed by atoms with van der Waals surface area (Å²) in [7, 11) is 0. The van der Waals surface area contributed by atoms with Crippen molar-refractivity contribution in [3.63, 3.8) is 0 Å². The average Bonchev–Trinajstić information content (AvgIpc) is 2.49. The Kier molecular flexibility index (Phi) is 8.47. The van der Waals surface area contributed by atoms with Crippen molar-refractivity contribution in [2.75, 3.05) is 0 Å². The highest BCUT2D eigenvalue weighted by Crippen LogP contribution is 2.29. The van der Waals surface area contributed by atoms with Gasteiger partial charge in [0.25, 0.3) is 0 Å². The fraction of sp³-hybridized carbons (Fsp3) is 0.667. The summed E-state index contributed by atoms with van der Waals surface area (Å²) < 4.78 is 5.54. The zero-order valence-electron chi connectivity index (χ0n) is 15.9. The molecule has 0 saturated carbocycles. The third-order valence-corrected chi connectivity index (χ3v) is 4.03. The number of carbonyl (C=O) groups excluding carboxylic acids is 1. The Labute approximate surface area is 147 Å². The lowest BCUT2D eigenvalue weighted by Crippen LogP contribution is -2.32. The van der Waals surface area contributed by atoms with E-state index in [-0.39, 0.29) is 5.97 Å². The van der Waals surface area contributed by atoms with Crippen LogP contribution in [0.5, 0.6) is 0 Å². The minimum Gasteiger partial charge on any atom is -0.460 e. The Morgan fingerprint density at radius 1 is 1.04 bits per heavy atom. The molecule has 0 amide bonds. The molecule has 1 aromatic rings. The zero-order valence-corrected chi connectivity index (χ0v) is 15.9. The first kappa shape index (κ1) is 20.7. The molecule has 0 aliphatic rings. The van der Waals surface area contributed by atoms with Gasteiger partial charge in [-0.25, -0.2) is 0 Å². The summed E-state index contributed by atoms with van der Waals surface area (Å²) in [6, 6.07) is 9.40. The first-order valence-electron chi connectivity index (χ1n) is 9.16. The molecule has 0 fully saturated rings. The van der Waals surface area contributed by atoms with E-state index >= 15 is 0 Å². The van der Waals surface area contributed by atoms with Crippen LogP contribution in [0.2, 0.25) is 0 Å². The molecule has 1 N–H and O–H groups in total. The highest BCUT2D eigenvalue weighted by atomic mass is 16.6. The third-order valence-electron chi connectivity index (χ3n) is 4.03. The number of ether oxygens (including phenoxy) is 1. The number of aliphatic hydroxyl groups excluding tert-OH is 1. The quantitative estimate of drug-likeness (QED) is 0.493. The molecule has 0 aromatic heterocycles. The second-order valence-electron chi connectivity index (χ2n) is 8.03. The number of carbonyl (C=O) groups is 1. The van der Waals surface area contributed by atoms with E-state index in [1.54, 1.807) is 0 Å². The van der Waals surface area contributed by atoms with Gasteiger partial charge < -0.3 is 9.84 Å². The first-order valence-corrected chi connectivity index (χ1v) is 9.16. The molecular formula is C21H34O3. The molecule has 0 aliphatic heterocycles. The largest absolute Gasteiger partial charge is 0.460 e. The van der Waals surface area contributed by atoms with Gasteiger partial charge in [-0.15, -0.1) is 0 Å². The third kappa shape index (κ3) is 7.96. The molecule has 2 atom stereocenters. The van der Waals surface area contributed by atoms with Gasteiger partial charge in [0.2, 0.25) is 0 Å². The van der Waals surface area contributed by atoms with Crippen molar-refractivity contribution in [3.05, 3.63) is 35.9 Å². The summed E-state index contributed by atoms with van der Waals surface area (Å²) in [5.74, 6) is -0.102. The van der Waals surface area contributed by atoms with E-state index in [0.29, 0.717) is 12.3 Å². The Hall–Kier alpha value is -1.35.